The van der Waals surface area contributed by atoms with Crippen molar-refractivity contribution in [2.45, 2.75) is 39.4 Å². The summed E-state index contributed by atoms with van der Waals surface area (Å²) in [5.74, 6) is 2.09. The largest absolute Gasteiger partial charge is 0.299 e. The third-order valence-corrected chi connectivity index (χ3v) is 4.34. The van der Waals surface area contributed by atoms with Crippen LogP contribution in [-0.2, 0) is 4.79 Å². The molecule has 0 aliphatic heterocycles. The minimum absolute atomic E-state index is 0.0990. The molecule has 1 unspecified atom stereocenters. The molecule has 18 heavy (non-hydrogen) atoms. The molecule has 0 N–H and O–H groups in total. The summed E-state index contributed by atoms with van der Waals surface area (Å²) in [6, 6.07) is 1.96. The molecule has 0 bridgehead atoms. The molecule has 100 valence electrons. The van der Waals surface area contributed by atoms with Gasteiger partial charge in [0.15, 0.2) is 0 Å². The molecule has 0 radical (unpaired) electrons. The lowest BCUT2D eigenvalue weighted by Crippen LogP contribution is -2.12. The minimum atomic E-state index is 0.0990. The Morgan fingerprint density at radius 3 is 2.50 bits per heavy atom. The standard InChI is InChI=1S/C14H22N2OS/c1-10(2)9-18-14(7-13(17)11(3)4)12-5-6-15-16-8-12/h5-6,8,10-11,14H,7,9H2,1-4H3. The highest BCUT2D eigenvalue weighted by Gasteiger charge is 2.19. The van der Waals surface area contributed by atoms with Crippen LogP contribution in [0.5, 0.6) is 0 Å². The Morgan fingerprint density at radius 1 is 1.28 bits per heavy atom. The van der Waals surface area contributed by atoms with Gasteiger partial charge in [0.2, 0.25) is 0 Å². The summed E-state index contributed by atoms with van der Waals surface area (Å²) in [5, 5.41) is 7.91. The quantitative estimate of drug-likeness (QED) is 0.757. The van der Waals surface area contributed by atoms with Crippen LogP contribution in [-0.4, -0.2) is 21.7 Å². The minimum Gasteiger partial charge on any atom is -0.299 e. The van der Waals surface area contributed by atoms with Gasteiger partial charge in [-0.1, -0.05) is 27.7 Å². The monoisotopic (exact) mass is 266 g/mol. The molecule has 0 aliphatic carbocycles. The third kappa shape index (κ3) is 5.17. The maximum atomic E-state index is 11.9. The number of Topliss-reactive ketones (excluding diaryl/α,β-unsaturated/α-hetero) is 1. The fraction of sp³-hybridized carbons (Fsp3) is 0.643. The van der Waals surface area contributed by atoms with E-state index in [1.807, 2.05) is 31.7 Å². The summed E-state index contributed by atoms with van der Waals surface area (Å²) in [7, 11) is 0. The second kappa shape index (κ2) is 7.52. The van der Waals surface area contributed by atoms with Gasteiger partial charge in [0, 0.05) is 23.8 Å². The van der Waals surface area contributed by atoms with Gasteiger partial charge in [-0.05, 0) is 23.3 Å². The van der Waals surface area contributed by atoms with Gasteiger partial charge in [-0.3, -0.25) is 4.79 Å². The number of hydrogen-bond donors (Lipinski definition) is 0. The van der Waals surface area contributed by atoms with Crippen LogP contribution < -0.4 is 0 Å². The van der Waals surface area contributed by atoms with E-state index >= 15 is 0 Å². The molecular weight excluding hydrogens is 244 g/mol. The van der Waals surface area contributed by atoms with E-state index in [2.05, 4.69) is 24.0 Å². The van der Waals surface area contributed by atoms with Crippen LogP contribution in [0.2, 0.25) is 0 Å². The highest BCUT2D eigenvalue weighted by Crippen LogP contribution is 2.33. The number of nitrogens with zero attached hydrogens (tertiary/aromatic N) is 2. The van der Waals surface area contributed by atoms with Gasteiger partial charge in [-0.15, -0.1) is 0 Å². The lowest BCUT2D eigenvalue weighted by atomic mass is 10.0. The van der Waals surface area contributed by atoms with Crippen molar-refractivity contribution in [1.29, 1.82) is 0 Å². The second-order valence-electron chi connectivity index (χ2n) is 5.22. The predicted octanol–water partition coefficient (Wildman–Crippen LogP) is 3.52. The van der Waals surface area contributed by atoms with Crippen molar-refractivity contribution in [3.8, 4) is 0 Å². The van der Waals surface area contributed by atoms with Crippen molar-refractivity contribution >= 4 is 17.5 Å². The molecule has 0 aromatic carbocycles. The number of ketones is 1. The van der Waals surface area contributed by atoms with Crippen molar-refractivity contribution in [2.24, 2.45) is 11.8 Å². The van der Waals surface area contributed by atoms with E-state index in [1.54, 1.807) is 12.4 Å². The summed E-state index contributed by atoms with van der Waals surface area (Å²) in [6.45, 7) is 8.30. The van der Waals surface area contributed by atoms with Crippen molar-refractivity contribution < 1.29 is 4.79 Å². The smallest absolute Gasteiger partial charge is 0.136 e. The van der Waals surface area contributed by atoms with Crippen LogP contribution >= 0.6 is 11.8 Å². The van der Waals surface area contributed by atoms with E-state index in [0.717, 1.165) is 11.3 Å². The lowest BCUT2D eigenvalue weighted by Gasteiger charge is -2.18. The van der Waals surface area contributed by atoms with E-state index in [9.17, 15) is 4.79 Å². The molecule has 0 spiro atoms. The van der Waals surface area contributed by atoms with Gasteiger partial charge >= 0.3 is 0 Å². The Kier molecular flexibility index (Phi) is 6.33. The van der Waals surface area contributed by atoms with Crippen LogP contribution in [0.25, 0.3) is 0 Å². The van der Waals surface area contributed by atoms with E-state index in [4.69, 9.17) is 0 Å². The zero-order valence-corrected chi connectivity index (χ0v) is 12.4. The average Bonchev–Trinajstić information content (AvgIpc) is 2.34. The van der Waals surface area contributed by atoms with Crippen LogP contribution in [0.1, 0.15) is 44.9 Å². The molecule has 0 aliphatic rings. The van der Waals surface area contributed by atoms with Gasteiger partial charge in [-0.2, -0.15) is 22.0 Å². The zero-order valence-electron chi connectivity index (χ0n) is 11.6. The van der Waals surface area contributed by atoms with Crippen molar-refractivity contribution in [1.82, 2.24) is 10.2 Å². The maximum absolute atomic E-state index is 11.9. The first kappa shape index (κ1) is 15.2. The number of carbonyl (C=O) groups is 1. The van der Waals surface area contributed by atoms with E-state index in [1.165, 1.54) is 0 Å². The SMILES string of the molecule is CC(C)CSC(CC(=O)C(C)C)c1ccnnc1. The molecule has 1 heterocycles. The third-order valence-electron chi connectivity index (χ3n) is 2.64. The Hall–Kier alpha value is -0.900. The molecule has 1 atom stereocenters. The molecular formula is C14H22N2OS. The van der Waals surface area contributed by atoms with Crippen LogP contribution in [0.3, 0.4) is 0 Å². The fourth-order valence-corrected chi connectivity index (χ4v) is 2.72. The fourth-order valence-electron chi connectivity index (χ4n) is 1.49. The van der Waals surface area contributed by atoms with Crippen LogP contribution in [0, 0.1) is 11.8 Å². The molecule has 1 aromatic rings. The molecule has 0 amide bonds. The first-order chi connectivity index (χ1) is 8.50. The lowest BCUT2D eigenvalue weighted by molar-refractivity contribution is -0.121. The molecule has 3 nitrogen and oxygen atoms in total. The zero-order chi connectivity index (χ0) is 13.5. The van der Waals surface area contributed by atoms with E-state index < -0.39 is 0 Å². The number of rotatable bonds is 7. The molecule has 0 saturated carbocycles. The molecule has 1 aromatic heterocycles. The van der Waals surface area contributed by atoms with Crippen molar-refractivity contribution in [2.75, 3.05) is 5.75 Å². The Balaban J connectivity index is 2.72. The van der Waals surface area contributed by atoms with Crippen LogP contribution in [0.15, 0.2) is 18.5 Å². The predicted molar refractivity (Wildman–Crippen MR) is 76.5 cm³/mol. The second-order valence-corrected chi connectivity index (χ2v) is 6.45. The number of hydrogen-bond acceptors (Lipinski definition) is 4. The van der Waals surface area contributed by atoms with E-state index in [-0.39, 0.29) is 11.2 Å². The summed E-state index contributed by atoms with van der Waals surface area (Å²) in [6.07, 6.45) is 4.05. The molecule has 0 saturated heterocycles. The Bertz CT molecular complexity index is 365. The van der Waals surface area contributed by atoms with E-state index in [0.29, 0.717) is 18.1 Å². The van der Waals surface area contributed by atoms with Gasteiger partial charge in [-0.25, -0.2) is 0 Å². The average molecular weight is 266 g/mol. The van der Waals surface area contributed by atoms with Gasteiger partial charge in [0.25, 0.3) is 0 Å². The number of carbonyl (C=O) groups excluding carboxylic acids is 1. The summed E-state index contributed by atoms with van der Waals surface area (Å²) in [4.78, 5) is 11.9. The maximum Gasteiger partial charge on any atom is 0.136 e. The van der Waals surface area contributed by atoms with Gasteiger partial charge in [0.1, 0.15) is 5.78 Å². The first-order valence-electron chi connectivity index (χ1n) is 6.41. The Labute approximate surface area is 114 Å². The van der Waals surface area contributed by atoms with Gasteiger partial charge < -0.3 is 0 Å². The normalized spacial score (nSPS) is 13.0. The molecule has 4 heteroatoms. The Morgan fingerprint density at radius 2 is 2.00 bits per heavy atom. The van der Waals surface area contributed by atoms with Crippen molar-refractivity contribution in [3.05, 3.63) is 24.0 Å². The van der Waals surface area contributed by atoms with Gasteiger partial charge in [0.05, 0.1) is 6.20 Å². The molecule has 0 fully saturated rings. The number of aromatic nitrogens is 2. The van der Waals surface area contributed by atoms with Crippen molar-refractivity contribution in [3.63, 3.8) is 0 Å². The van der Waals surface area contributed by atoms with Crippen LogP contribution in [0.4, 0.5) is 0 Å². The number of thioether (sulfide) groups is 1. The first-order valence-corrected chi connectivity index (χ1v) is 7.46. The highest BCUT2D eigenvalue weighted by molar-refractivity contribution is 7.99. The summed E-state index contributed by atoms with van der Waals surface area (Å²) >= 11 is 1.84. The summed E-state index contributed by atoms with van der Waals surface area (Å²) in [5.41, 5.74) is 1.10. The summed E-state index contributed by atoms with van der Waals surface area (Å²) < 4.78 is 0. The molecule has 1 rings (SSSR count). The highest BCUT2D eigenvalue weighted by atomic mass is 32.2. The topological polar surface area (TPSA) is 42.9 Å².